The molecule has 0 bridgehead atoms. The van der Waals surface area contributed by atoms with Gasteiger partial charge in [0, 0.05) is 11.1 Å². The molecule has 0 saturated heterocycles. The normalized spacial score (nSPS) is 12.4. The summed E-state index contributed by atoms with van der Waals surface area (Å²) in [5.74, 6) is 0. The SMILES string of the molecule is CCNC(Cc1cc(C)cc(C)c1)c1ccc(C)c(Cl)c1. The highest BCUT2D eigenvalue weighted by molar-refractivity contribution is 6.31. The van der Waals surface area contributed by atoms with Gasteiger partial charge in [0.15, 0.2) is 0 Å². The van der Waals surface area contributed by atoms with Crippen LogP contribution in [0, 0.1) is 20.8 Å². The van der Waals surface area contributed by atoms with Gasteiger partial charge in [-0.3, -0.25) is 0 Å². The molecule has 2 aromatic carbocycles. The molecule has 0 radical (unpaired) electrons. The molecule has 0 fully saturated rings. The van der Waals surface area contributed by atoms with E-state index in [1.54, 1.807) is 0 Å². The third-order valence-corrected chi connectivity index (χ3v) is 4.18. The summed E-state index contributed by atoms with van der Waals surface area (Å²) >= 11 is 6.28. The van der Waals surface area contributed by atoms with Crippen molar-refractivity contribution < 1.29 is 0 Å². The summed E-state index contributed by atoms with van der Waals surface area (Å²) < 4.78 is 0. The van der Waals surface area contributed by atoms with Crippen molar-refractivity contribution in [2.24, 2.45) is 0 Å². The molecular formula is C19H24ClN. The second-order valence-corrected chi connectivity index (χ2v) is 6.23. The molecule has 1 nitrogen and oxygen atoms in total. The van der Waals surface area contributed by atoms with E-state index < -0.39 is 0 Å². The van der Waals surface area contributed by atoms with Gasteiger partial charge in [-0.25, -0.2) is 0 Å². The maximum atomic E-state index is 6.28. The van der Waals surface area contributed by atoms with Gasteiger partial charge in [0.2, 0.25) is 0 Å². The summed E-state index contributed by atoms with van der Waals surface area (Å²) in [7, 11) is 0. The minimum Gasteiger partial charge on any atom is -0.310 e. The molecule has 2 rings (SSSR count). The first-order valence-corrected chi connectivity index (χ1v) is 7.94. The predicted octanol–water partition coefficient (Wildman–Crippen LogP) is 5.16. The topological polar surface area (TPSA) is 12.0 Å². The number of nitrogens with one attached hydrogen (secondary N) is 1. The lowest BCUT2D eigenvalue weighted by Gasteiger charge is -2.20. The maximum absolute atomic E-state index is 6.28. The van der Waals surface area contributed by atoms with Gasteiger partial charge in [-0.2, -0.15) is 0 Å². The van der Waals surface area contributed by atoms with E-state index >= 15 is 0 Å². The van der Waals surface area contributed by atoms with E-state index in [1.807, 2.05) is 6.92 Å². The Hall–Kier alpha value is -1.31. The van der Waals surface area contributed by atoms with Crippen molar-refractivity contribution in [3.63, 3.8) is 0 Å². The first-order chi connectivity index (χ1) is 9.99. The molecule has 0 heterocycles. The molecule has 2 heteroatoms. The van der Waals surface area contributed by atoms with Crippen molar-refractivity contribution in [2.45, 2.75) is 40.2 Å². The zero-order chi connectivity index (χ0) is 15.4. The summed E-state index contributed by atoms with van der Waals surface area (Å²) in [6.07, 6.45) is 0.982. The average Bonchev–Trinajstić information content (AvgIpc) is 2.40. The van der Waals surface area contributed by atoms with Gasteiger partial charge in [-0.1, -0.05) is 60.0 Å². The van der Waals surface area contributed by atoms with E-state index in [4.69, 9.17) is 11.6 Å². The lowest BCUT2D eigenvalue weighted by molar-refractivity contribution is 0.549. The van der Waals surface area contributed by atoms with Crippen LogP contribution in [0.3, 0.4) is 0 Å². The number of hydrogen-bond donors (Lipinski definition) is 1. The van der Waals surface area contributed by atoms with Gasteiger partial charge in [-0.15, -0.1) is 0 Å². The largest absolute Gasteiger partial charge is 0.310 e. The molecule has 2 aromatic rings. The number of benzene rings is 2. The monoisotopic (exact) mass is 301 g/mol. The Kier molecular flexibility index (Phi) is 5.44. The lowest BCUT2D eigenvalue weighted by atomic mass is 9.96. The van der Waals surface area contributed by atoms with Crippen molar-refractivity contribution in [1.82, 2.24) is 5.32 Å². The summed E-state index contributed by atoms with van der Waals surface area (Å²) in [5, 5.41) is 4.42. The minimum absolute atomic E-state index is 0.300. The third kappa shape index (κ3) is 4.33. The Morgan fingerprint density at radius 3 is 2.24 bits per heavy atom. The van der Waals surface area contributed by atoms with Crippen LogP contribution in [0.5, 0.6) is 0 Å². The van der Waals surface area contributed by atoms with Crippen molar-refractivity contribution in [1.29, 1.82) is 0 Å². The van der Waals surface area contributed by atoms with E-state index in [0.29, 0.717) is 6.04 Å². The molecule has 0 spiro atoms. The van der Waals surface area contributed by atoms with Crippen LogP contribution in [0.2, 0.25) is 5.02 Å². The fourth-order valence-corrected chi connectivity index (χ4v) is 2.99. The standard InChI is InChI=1S/C19H24ClN/c1-5-21-19(17-7-6-15(4)18(20)12-17)11-16-9-13(2)8-14(3)10-16/h6-10,12,19,21H,5,11H2,1-4H3. The molecule has 1 atom stereocenters. The van der Waals surface area contributed by atoms with Gasteiger partial charge in [-0.05, 0) is 56.5 Å². The van der Waals surface area contributed by atoms with Gasteiger partial charge >= 0.3 is 0 Å². The van der Waals surface area contributed by atoms with Crippen LogP contribution >= 0.6 is 11.6 Å². The van der Waals surface area contributed by atoms with Crippen LogP contribution < -0.4 is 5.32 Å². The summed E-state index contributed by atoms with van der Waals surface area (Å²) in [4.78, 5) is 0. The molecule has 0 aliphatic heterocycles. The zero-order valence-corrected chi connectivity index (χ0v) is 14.1. The number of halogens is 1. The van der Waals surface area contributed by atoms with Gasteiger partial charge in [0.05, 0.1) is 0 Å². The number of rotatable bonds is 5. The molecular weight excluding hydrogens is 278 g/mol. The Morgan fingerprint density at radius 1 is 1.00 bits per heavy atom. The van der Waals surface area contributed by atoms with Crippen molar-refractivity contribution >= 4 is 11.6 Å². The molecule has 0 aromatic heterocycles. The second kappa shape index (κ2) is 7.11. The first kappa shape index (κ1) is 16.1. The smallest absolute Gasteiger partial charge is 0.0438 e. The molecule has 112 valence electrons. The third-order valence-electron chi connectivity index (χ3n) is 3.77. The predicted molar refractivity (Wildman–Crippen MR) is 92.2 cm³/mol. The van der Waals surface area contributed by atoms with E-state index in [0.717, 1.165) is 23.6 Å². The number of hydrogen-bond acceptors (Lipinski definition) is 1. The van der Waals surface area contributed by atoms with E-state index in [-0.39, 0.29) is 0 Å². The van der Waals surface area contributed by atoms with Crippen LogP contribution in [0.15, 0.2) is 36.4 Å². The fraction of sp³-hybridized carbons (Fsp3) is 0.368. The highest BCUT2D eigenvalue weighted by atomic mass is 35.5. The number of likely N-dealkylation sites (N-methyl/N-ethyl adjacent to an activating group) is 1. The van der Waals surface area contributed by atoms with Crippen LogP contribution in [0.4, 0.5) is 0 Å². The van der Waals surface area contributed by atoms with Crippen LogP contribution in [0.25, 0.3) is 0 Å². The van der Waals surface area contributed by atoms with Crippen LogP contribution in [0.1, 0.15) is 40.8 Å². The zero-order valence-electron chi connectivity index (χ0n) is 13.3. The Balaban J connectivity index is 2.27. The molecule has 1 unspecified atom stereocenters. The quantitative estimate of drug-likeness (QED) is 0.804. The molecule has 1 N–H and O–H groups in total. The van der Waals surface area contributed by atoms with E-state index in [9.17, 15) is 0 Å². The number of aryl methyl sites for hydroxylation is 3. The summed E-state index contributed by atoms with van der Waals surface area (Å²) in [6, 6.07) is 13.4. The second-order valence-electron chi connectivity index (χ2n) is 5.82. The van der Waals surface area contributed by atoms with Crippen LogP contribution in [-0.4, -0.2) is 6.54 Å². The van der Waals surface area contributed by atoms with Gasteiger partial charge < -0.3 is 5.32 Å². The van der Waals surface area contributed by atoms with Crippen molar-refractivity contribution in [2.75, 3.05) is 6.54 Å². The van der Waals surface area contributed by atoms with E-state index in [2.05, 4.69) is 62.5 Å². The molecule has 0 amide bonds. The van der Waals surface area contributed by atoms with Gasteiger partial charge in [0.25, 0.3) is 0 Å². The molecule has 21 heavy (non-hydrogen) atoms. The molecule has 0 saturated carbocycles. The Labute approximate surface area is 133 Å². The molecule has 0 aliphatic carbocycles. The minimum atomic E-state index is 0.300. The average molecular weight is 302 g/mol. The van der Waals surface area contributed by atoms with Crippen molar-refractivity contribution in [3.8, 4) is 0 Å². The summed E-state index contributed by atoms with van der Waals surface area (Å²) in [5.41, 5.74) is 6.40. The Bertz CT molecular complexity index is 599. The fourth-order valence-electron chi connectivity index (χ4n) is 2.80. The maximum Gasteiger partial charge on any atom is 0.0438 e. The first-order valence-electron chi connectivity index (χ1n) is 7.56. The molecule has 0 aliphatic rings. The lowest BCUT2D eigenvalue weighted by Crippen LogP contribution is -2.23. The highest BCUT2D eigenvalue weighted by Gasteiger charge is 2.12. The Morgan fingerprint density at radius 2 is 1.67 bits per heavy atom. The van der Waals surface area contributed by atoms with Crippen LogP contribution in [-0.2, 0) is 6.42 Å². The summed E-state index contributed by atoms with van der Waals surface area (Å²) in [6.45, 7) is 9.44. The van der Waals surface area contributed by atoms with Gasteiger partial charge in [0.1, 0.15) is 0 Å². The highest BCUT2D eigenvalue weighted by Crippen LogP contribution is 2.24. The van der Waals surface area contributed by atoms with E-state index in [1.165, 1.54) is 22.3 Å². The van der Waals surface area contributed by atoms with Crippen molar-refractivity contribution in [3.05, 3.63) is 69.2 Å².